The van der Waals surface area contributed by atoms with Gasteiger partial charge in [0.1, 0.15) is 17.1 Å². The summed E-state index contributed by atoms with van der Waals surface area (Å²) in [5.41, 5.74) is 2.63. The molecule has 0 aliphatic rings. The fraction of sp³-hybridized carbons (Fsp3) is 0.150. The van der Waals surface area contributed by atoms with Crippen molar-refractivity contribution >= 4 is 43.2 Å². The zero-order valence-electron chi connectivity index (χ0n) is 14.7. The zero-order chi connectivity index (χ0) is 19.1. The zero-order valence-corrected chi connectivity index (χ0v) is 15.6. The van der Waals surface area contributed by atoms with Crippen LogP contribution in [0.15, 0.2) is 47.5 Å². The first-order valence-electron chi connectivity index (χ1n) is 8.38. The highest BCUT2D eigenvalue weighted by molar-refractivity contribution is 7.25. The van der Waals surface area contributed by atoms with Crippen molar-refractivity contribution in [1.29, 1.82) is 0 Å². The first-order valence-corrected chi connectivity index (χ1v) is 9.19. The van der Waals surface area contributed by atoms with Gasteiger partial charge in [0.2, 0.25) is 5.91 Å². The fourth-order valence-electron chi connectivity index (χ4n) is 3.13. The summed E-state index contributed by atoms with van der Waals surface area (Å²) < 4.78 is 16.4. The predicted octanol–water partition coefficient (Wildman–Crippen LogP) is 4.01. The number of thiophene rings is 1. The standard InChI is InChI=1S/C20H16FN3O2S/c1-11-5-3-6-12(2)17(11)23-15(25)9-24-10-22-18-16-13(21)7-4-8-14(16)27-19(18)20(24)26/h3-8,10H,9H2,1-2H3,(H,23,25). The van der Waals surface area contributed by atoms with Crippen LogP contribution in [-0.4, -0.2) is 15.5 Å². The van der Waals surface area contributed by atoms with E-state index in [0.29, 0.717) is 20.3 Å². The Labute approximate surface area is 158 Å². The summed E-state index contributed by atoms with van der Waals surface area (Å²) in [7, 11) is 0. The second-order valence-corrected chi connectivity index (χ2v) is 7.44. The molecule has 0 saturated heterocycles. The molecule has 0 atom stereocenters. The Bertz CT molecular complexity index is 1240. The number of rotatable bonds is 3. The summed E-state index contributed by atoms with van der Waals surface area (Å²) in [6.07, 6.45) is 1.30. The second kappa shape index (κ2) is 6.59. The maximum absolute atomic E-state index is 14.1. The molecule has 2 aromatic carbocycles. The Hall–Kier alpha value is -3.06. The summed E-state index contributed by atoms with van der Waals surface area (Å²) in [4.78, 5) is 29.4. The first kappa shape index (κ1) is 17.4. The molecule has 1 N–H and O–H groups in total. The van der Waals surface area contributed by atoms with Gasteiger partial charge in [-0.1, -0.05) is 24.3 Å². The van der Waals surface area contributed by atoms with E-state index in [9.17, 15) is 14.0 Å². The molecule has 0 fully saturated rings. The van der Waals surface area contributed by atoms with Gasteiger partial charge in [-0.05, 0) is 37.1 Å². The molecule has 136 valence electrons. The largest absolute Gasteiger partial charge is 0.324 e. The van der Waals surface area contributed by atoms with Crippen LogP contribution in [0.2, 0.25) is 0 Å². The molecule has 0 radical (unpaired) electrons. The molecule has 4 rings (SSSR count). The van der Waals surface area contributed by atoms with Crippen LogP contribution >= 0.6 is 11.3 Å². The van der Waals surface area contributed by atoms with E-state index in [2.05, 4.69) is 10.3 Å². The van der Waals surface area contributed by atoms with Gasteiger partial charge >= 0.3 is 0 Å². The van der Waals surface area contributed by atoms with Crippen molar-refractivity contribution in [1.82, 2.24) is 9.55 Å². The minimum absolute atomic E-state index is 0.160. The maximum atomic E-state index is 14.1. The van der Waals surface area contributed by atoms with E-state index in [1.807, 2.05) is 32.0 Å². The molecule has 5 nitrogen and oxygen atoms in total. The molecule has 0 aliphatic carbocycles. The Morgan fingerprint density at radius 1 is 1.19 bits per heavy atom. The van der Waals surface area contributed by atoms with Crippen molar-refractivity contribution in [2.45, 2.75) is 20.4 Å². The highest BCUT2D eigenvalue weighted by Gasteiger charge is 2.16. The Balaban J connectivity index is 1.69. The monoisotopic (exact) mass is 381 g/mol. The number of nitrogens with one attached hydrogen (secondary N) is 1. The molecule has 2 aromatic heterocycles. The Morgan fingerprint density at radius 3 is 2.63 bits per heavy atom. The number of amides is 1. The van der Waals surface area contributed by atoms with Gasteiger partial charge < -0.3 is 5.32 Å². The molecule has 4 aromatic rings. The van der Waals surface area contributed by atoms with Gasteiger partial charge in [0, 0.05) is 10.4 Å². The Kier molecular flexibility index (Phi) is 4.24. The number of carbonyl (C=O) groups is 1. The third-order valence-corrected chi connectivity index (χ3v) is 5.61. The molecule has 0 aliphatic heterocycles. The summed E-state index contributed by atoms with van der Waals surface area (Å²) >= 11 is 1.19. The lowest BCUT2D eigenvalue weighted by molar-refractivity contribution is -0.116. The normalized spacial score (nSPS) is 11.2. The lowest BCUT2D eigenvalue weighted by Crippen LogP contribution is -2.27. The number of nitrogens with zero attached hydrogens (tertiary/aromatic N) is 2. The minimum atomic E-state index is -0.406. The van der Waals surface area contributed by atoms with E-state index in [1.165, 1.54) is 28.3 Å². The molecular weight excluding hydrogens is 365 g/mol. The highest BCUT2D eigenvalue weighted by atomic mass is 32.1. The number of aryl methyl sites for hydroxylation is 2. The van der Waals surface area contributed by atoms with E-state index < -0.39 is 5.82 Å². The molecule has 0 unspecified atom stereocenters. The van der Waals surface area contributed by atoms with Gasteiger partial charge in [-0.15, -0.1) is 11.3 Å². The van der Waals surface area contributed by atoms with Gasteiger partial charge in [-0.3, -0.25) is 14.2 Å². The summed E-state index contributed by atoms with van der Waals surface area (Å²) in [5.74, 6) is -0.723. The molecule has 0 saturated carbocycles. The number of aromatic nitrogens is 2. The van der Waals surface area contributed by atoms with Crippen molar-refractivity contribution < 1.29 is 9.18 Å². The molecule has 0 spiro atoms. The van der Waals surface area contributed by atoms with Gasteiger partial charge in [-0.25, -0.2) is 9.37 Å². The van der Waals surface area contributed by atoms with Crippen molar-refractivity contribution in [2.75, 3.05) is 5.32 Å². The van der Waals surface area contributed by atoms with Crippen molar-refractivity contribution in [2.24, 2.45) is 0 Å². The average molecular weight is 381 g/mol. The average Bonchev–Trinajstić information content (AvgIpc) is 3.01. The third-order valence-electron chi connectivity index (χ3n) is 4.48. The highest BCUT2D eigenvalue weighted by Crippen LogP contribution is 2.31. The lowest BCUT2D eigenvalue weighted by Gasteiger charge is -2.12. The number of fused-ring (bicyclic) bond motifs is 3. The van der Waals surface area contributed by atoms with E-state index >= 15 is 0 Å². The second-order valence-electron chi connectivity index (χ2n) is 6.39. The van der Waals surface area contributed by atoms with Gasteiger partial charge in [0.15, 0.2) is 0 Å². The van der Waals surface area contributed by atoms with E-state index in [1.54, 1.807) is 12.1 Å². The van der Waals surface area contributed by atoms with Crippen molar-refractivity contribution in [3.63, 3.8) is 0 Å². The smallest absolute Gasteiger partial charge is 0.271 e. The number of hydrogen-bond donors (Lipinski definition) is 1. The number of anilines is 1. The lowest BCUT2D eigenvalue weighted by atomic mass is 10.1. The topological polar surface area (TPSA) is 64.0 Å². The van der Waals surface area contributed by atoms with Gasteiger partial charge in [-0.2, -0.15) is 0 Å². The van der Waals surface area contributed by atoms with Crippen LogP contribution in [0.4, 0.5) is 10.1 Å². The van der Waals surface area contributed by atoms with Gasteiger partial charge in [0.05, 0.1) is 17.2 Å². The number of carbonyl (C=O) groups excluding carboxylic acids is 1. The summed E-state index contributed by atoms with van der Waals surface area (Å²) in [5, 5.41) is 3.20. The van der Waals surface area contributed by atoms with E-state index in [4.69, 9.17) is 0 Å². The van der Waals surface area contributed by atoms with Crippen molar-refractivity contribution in [3.8, 4) is 0 Å². The maximum Gasteiger partial charge on any atom is 0.271 e. The van der Waals surface area contributed by atoms with Crippen molar-refractivity contribution in [3.05, 3.63) is 70.0 Å². The summed E-state index contributed by atoms with van der Waals surface area (Å²) in [6.45, 7) is 3.66. The number of benzene rings is 2. The van der Waals surface area contributed by atoms with Crippen LogP contribution < -0.4 is 10.9 Å². The fourth-order valence-corrected chi connectivity index (χ4v) is 4.25. The van der Waals surface area contributed by atoms with Crippen LogP contribution in [0.25, 0.3) is 20.3 Å². The molecule has 7 heteroatoms. The first-order chi connectivity index (χ1) is 13.0. The Morgan fingerprint density at radius 2 is 1.89 bits per heavy atom. The quantitative estimate of drug-likeness (QED) is 0.583. The minimum Gasteiger partial charge on any atom is -0.324 e. The third kappa shape index (κ3) is 3.00. The van der Waals surface area contributed by atoms with Crippen LogP contribution in [0.5, 0.6) is 0 Å². The molecule has 0 bridgehead atoms. The van der Waals surface area contributed by atoms with Crippen LogP contribution in [0.3, 0.4) is 0 Å². The molecule has 1 amide bonds. The summed E-state index contributed by atoms with van der Waals surface area (Å²) in [6, 6.07) is 10.4. The van der Waals surface area contributed by atoms with Crippen LogP contribution in [-0.2, 0) is 11.3 Å². The molecule has 27 heavy (non-hydrogen) atoms. The molecular formula is C20H16FN3O2S. The molecule has 2 heterocycles. The SMILES string of the molecule is Cc1cccc(C)c1NC(=O)Cn1cnc2c(sc3cccc(F)c32)c1=O. The number of hydrogen-bond acceptors (Lipinski definition) is 4. The number of para-hydroxylation sites is 1. The predicted molar refractivity (Wildman–Crippen MR) is 106 cm³/mol. The number of halogens is 1. The van der Waals surface area contributed by atoms with E-state index in [0.717, 1.165) is 16.8 Å². The van der Waals surface area contributed by atoms with E-state index in [-0.39, 0.29) is 18.0 Å². The van der Waals surface area contributed by atoms with Gasteiger partial charge in [0.25, 0.3) is 5.56 Å². The van der Waals surface area contributed by atoms with Crippen LogP contribution in [0, 0.1) is 19.7 Å². The van der Waals surface area contributed by atoms with Crippen LogP contribution in [0.1, 0.15) is 11.1 Å².